The van der Waals surface area contributed by atoms with Crippen LogP contribution in [0.1, 0.15) is 43.5 Å². The minimum atomic E-state index is -1.50. The van der Waals surface area contributed by atoms with Crippen LogP contribution < -0.4 is 10.6 Å². The van der Waals surface area contributed by atoms with Crippen molar-refractivity contribution >= 4 is 34.5 Å². The lowest BCUT2D eigenvalue weighted by Crippen LogP contribution is -2.69. The largest absolute Gasteiger partial charge is 0.462 e. The third kappa shape index (κ3) is 3.62. The average molecular weight is 477 g/mol. The fourth-order valence-corrected chi connectivity index (χ4v) is 5.20. The topological polar surface area (TPSA) is 105 Å². The summed E-state index contributed by atoms with van der Waals surface area (Å²) in [5.74, 6) is -1.01. The fourth-order valence-electron chi connectivity index (χ4n) is 5.20. The van der Waals surface area contributed by atoms with E-state index in [0.29, 0.717) is 30.8 Å². The van der Waals surface area contributed by atoms with Crippen LogP contribution in [-0.4, -0.2) is 51.0 Å². The van der Waals surface area contributed by atoms with Gasteiger partial charge in [-0.2, -0.15) is 0 Å². The monoisotopic (exact) mass is 476 g/mol. The van der Waals surface area contributed by atoms with E-state index in [9.17, 15) is 19.2 Å². The van der Waals surface area contributed by atoms with E-state index < -0.39 is 11.6 Å². The molecular weight excluding hydrogens is 448 g/mol. The van der Waals surface area contributed by atoms with Crippen molar-refractivity contribution < 1.29 is 19.1 Å². The number of esters is 1. The number of aromatic amines is 1. The zero-order valence-corrected chi connectivity index (χ0v) is 19.8. The van der Waals surface area contributed by atoms with Gasteiger partial charge < -0.3 is 14.6 Å². The van der Waals surface area contributed by atoms with E-state index in [-0.39, 0.29) is 42.9 Å². The summed E-state index contributed by atoms with van der Waals surface area (Å²) in [5.41, 5.74) is 0.670. The van der Waals surface area contributed by atoms with Gasteiger partial charge in [-0.15, -0.1) is 0 Å². The molecule has 0 unspecified atom stereocenters. The Kier molecular flexibility index (Phi) is 5.70. The Morgan fingerprint density at radius 1 is 1.09 bits per heavy atom. The molecule has 2 amide bonds. The number of fused-ring (bicyclic) bond motifs is 4. The second kappa shape index (κ2) is 8.72. The number of carbonyl (C=O) groups excluding carboxylic acids is 3. The molecular formula is C26H28N4O5. The Morgan fingerprint density at radius 2 is 1.83 bits per heavy atom. The number of para-hydroxylation sites is 3. The minimum Gasteiger partial charge on any atom is -0.462 e. The number of H-pyrrole nitrogens is 1. The van der Waals surface area contributed by atoms with E-state index in [1.54, 1.807) is 28.8 Å². The Morgan fingerprint density at radius 3 is 2.63 bits per heavy atom. The van der Waals surface area contributed by atoms with Crippen LogP contribution in [0.5, 0.6) is 0 Å². The van der Waals surface area contributed by atoms with E-state index in [4.69, 9.17) is 4.74 Å². The summed E-state index contributed by atoms with van der Waals surface area (Å²) in [6.45, 7) is 4.67. The second-order valence-corrected chi connectivity index (χ2v) is 9.46. The summed E-state index contributed by atoms with van der Waals surface area (Å²) in [7, 11) is 0. The second-order valence-electron chi connectivity index (χ2n) is 9.46. The molecule has 2 aliphatic rings. The summed E-state index contributed by atoms with van der Waals surface area (Å²) in [4.78, 5) is 58.2. The lowest BCUT2D eigenvalue weighted by atomic mass is 9.95. The maximum absolute atomic E-state index is 13.7. The van der Waals surface area contributed by atoms with Crippen molar-refractivity contribution in [3.8, 4) is 0 Å². The van der Waals surface area contributed by atoms with E-state index in [2.05, 4.69) is 4.98 Å². The van der Waals surface area contributed by atoms with Gasteiger partial charge in [-0.1, -0.05) is 38.1 Å². The van der Waals surface area contributed by atoms with Crippen LogP contribution in [0.25, 0.3) is 11.0 Å². The quantitative estimate of drug-likeness (QED) is 0.417. The van der Waals surface area contributed by atoms with Gasteiger partial charge in [0.1, 0.15) is 0 Å². The van der Waals surface area contributed by atoms with Gasteiger partial charge in [0.05, 0.1) is 28.9 Å². The van der Waals surface area contributed by atoms with Crippen LogP contribution in [0.4, 0.5) is 5.69 Å². The number of anilines is 1. The number of imidazole rings is 1. The molecule has 2 aromatic carbocycles. The number of nitrogens with zero attached hydrogens (tertiary/aromatic N) is 3. The van der Waals surface area contributed by atoms with Crippen molar-refractivity contribution in [3.63, 3.8) is 0 Å². The highest BCUT2D eigenvalue weighted by atomic mass is 16.5. The zero-order chi connectivity index (χ0) is 24.7. The maximum atomic E-state index is 13.7. The van der Waals surface area contributed by atoms with Crippen molar-refractivity contribution in [1.29, 1.82) is 0 Å². The van der Waals surface area contributed by atoms with Crippen LogP contribution in [0.2, 0.25) is 0 Å². The van der Waals surface area contributed by atoms with E-state index in [1.807, 2.05) is 38.1 Å². The zero-order valence-electron chi connectivity index (χ0n) is 19.8. The van der Waals surface area contributed by atoms with Gasteiger partial charge in [0, 0.05) is 25.9 Å². The number of benzene rings is 2. The van der Waals surface area contributed by atoms with E-state index >= 15 is 0 Å². The predicted octanol–water partition coefficient (Wildman–Crippen LogP) is 2.90. The number of aryl methyl sites for hydroxylation is 1. The van der Waals surface area contributed by atoms with Crippen LogP contribution in [-0.2, 0) is 20.9 Å². The van der Waals surface area contributed by atoms with Crippen molar-refractivity contribution in [2.24, 2.45) is 5.92 Å². The van der Waals surface area contributed by atoms with E-state index in [1.165, 1.54) is 9.80 Å². The number of hydrogen-bond acceptors (Lipinski definition) is 5. The van der Waals surface area contributed by atoms with Gasteiger partial charge >= 0.3 is 11.7 Å². The molecule has 5 rings (SSSR count). The lowest BCUT2D eigenvalue weighted by Gasteiger charge is -2.48. The third-order valence-electron chi connectivity index (χ3n) is 6.69. The van der Waals surface area contributed by atoms with Crippen LogP contribution in [0, 0.1) is 5.92 Å². The molecule has 0 spiro atoms. The number of carbonyl (C=O) groups is 3. The highest BCUT2D eigenvalue weighted by Gasteiger charge is 2.61. The molecule has 35 heavy (non-hydrogen) atoms. The first kappa shape index (κ1) is 22.9. The third-order valence-corrected chi connectivity index (χ3v) is 6.69. The van der Waals surface area contributed by atoms with Gasteiger partial charge in [0.25, 0.3) is 5.91 Å². The Hall–Kier alpha value is -3.88. The van der Waals surface area contributed by atoms with Gasteiger partial charge in [0.15, 0.2) is 0 Å². The molecule has 1 N–H and O–H groups in total. The molecule has 1 aromatic heterocycles. The summed E-state index contributed by atoms with van der Waals surface area (Å²) >= 11 is 0. The van der Waals surface area contributed by atoms with Crippen molar-refractivity contribution in [2.45, 2.75) is 45.3 Å². The Bertz CT molecular complexity index is 1370. The minimum absolute atomic E-state index is 0.0555. The highest BCUT2D eigenvalue weighted by Crippen LogP contribution is 2.45. The smallest absolute Gasteiger partial charge is 0.353 e. The molecule has 0 bridgehead atoms. The van der Waals surface area contributed by atoms with Crippen LogP contribution >= 0.6 is 0 Å². The number of hydrogen-bond donors (Lipinski definition) is 1. The molecule has 9 heteroatoms. The summed E-state index contributed by atoms with van der Waals surface area (Å²) in [6.07, 6.45) is 0.738. The molecule has 9 nitrogen and oxygen atoms in total. The average Bonchev–Trinajstić information content (AvgIpc) is 3.36. The van der Waals surface area contributed by atoms with Gasteiger partial charge in [0.2, 0.25) is 11.6 Å². The van der Waals surface area contributed by atoms with Crippen molar-refractivity contribution in [1.82, 2.24) is 14.5 Å². The standard InChI is InChI=1S/C26H28N4O5/c1-17(2)16-29-23(32)18-8-3-5-10-20(18)30-22(31)12-13-26(29,30)24(33)35-15-7-14-28-21-11-6-4-9-19(21)27-25(28)34/h3-6,8-11,17H,7,12-16H2,1-2H3,(H,27,34)/t26-/m0/s1. The van der Waals surface area contributed by atoms with Gasteiger partial charge in [-0.25, -0.2) is 9.59 Å². The number of amides is 2. The first-order valence-corrected chi connectivity index (χ1v) is 11.9. The molecule has 1 atom stereocenters. The van der Waals surface area contributed by atoms with Crippen molar-refractivity contribution in [2.75, 3.05) is 18.1 Å². The number of aromatic nitrogens is 2. The predicted molar refractivity (Wildman–Crippen MR) is 130 cm³/mol. The Labute approximate surface area is 202 Å². The highest BCUT2D eigenvalue weighted by molar-refractivity contribution is 6.15. The van der Waals surface area contributed by atoms with Gasteiger partial charge in [-0.05, 0) is 36.6 Å². The first-order valence-electron chi connectivity index (χ1n) is 11.9. The Balaban J connectivity index is 1.39. The molecule has 0 radical (unpaired) electrons. The molecule has 3 heterocycles. The molecule has 182 valence electrons. The van der Waals surface area contributed by atoms with E-state index in [0.717, 1.165) is 11.0 Å². The first-order chi connectivity index (χ1) is 16.8. The summed E-state index contributed by atoms with van der Waals surface area (Å²) in [6, 6.07) is 14.3. The van der Waals surface area contributed by atoms with Crippen molar-refractivity contribution in [3.05, 3.63) is 64.6 Å². The molecule has 0 aliphatic carbocycles. The lowest BCUT2D eigenvalue weighted by molar-refractivity contribution is -0.157. The number of nitrogens with one attached hydrogen (secondary N) is 1. The molecule has 1 fully saturated rings. The van der Waals surface area contributed by atoms with Crippen LogP contribution in [0.15, 0.2) is 53.3 Å². The maximum Gasteiger partial charge on any atom is 0.353 e. The number of ether oxygens (including phenoxy) is 1. The number of rotatable bonds is 7. The summed E-state index contributed by atoms with van der Waals surface area (Å²) in [5, 5.41) is 0. The SMILES string of the molecule is CC(C)CN1C(=O)c2ccccc2N2C(=O)CC[C@]12C(=O)OCCCn1c(=O)[nH]c2ccccc21. The molecule has 2 aliphatic heterocycles. The molecule has 1 saturated heterocycles. The van der Waals surface area contributed by atoms with Gasteiger partial charge in [-0.3, -0.25) is 19.1 Å². The fraction of sp³-hybridized carbons (Fsp3) is 0.385. The summed E-state index contributed by atoms with van der Waals surface area (Å²) < 4.78 is 7.32. The van der Waals surface area contributed by atoms with Crippen LogP contribution in [0.3, 0.4) is 0 Å². The molecule has 3 aromatic rings. The normalized spacial score (nSPS) is 19.4. The molecule has 0 saturated carbocycles.